The van der Waals surface area contributed by atoms with E-state index in [2.05, 4.69) is 15.3 Å². The molecule has 0 unspecified atom stereocenters. The van der Waals surface area contributed by atoms with E-state index in [1.165, 1.54) is 16.9 Å². The van der Waals surface area contributed by atoms with Gasteiger partial charge in [-0.3, -0.25) is 4.98 Å². The molecular formula is C12H13N3O2S. The second-order valence-electron chi connectivity index (χ2n) is 3.77. The number of hydrogen-bond acceptors (Lipinski definition) is 5. The van der Waals surface area contributed by atoms with Crippen molar-refractivity contribution < 1.29 is 9.90 Å². The van der Waals surface area contributed by atoms with Gasteiger partial charge in [-0.2, -0.15) is 0 Å². The first kappa shape index (κ1) is 12.5. The van der Waals surface area contributed by atoms with E-state index in [1.54, 1.807) is 19.3 Å². The lowest BCUT2D eigenvalue weighted by atomic mass is 10.2. The number of nitrogens with zero attached hydrogens (tertiary/aromatic N) is 2. The molecule has 2 heterocycles. The van der Waals surface area contributed by atoms with Gasteiger partial charge >= 0.3 is 5.97 Å². The summed E-state index contributed by atoms with van der Waals surface area (Å²) in [7, 11) is 0. The molecule has 94 valence electrons. The van der Waals surface area contributed by atoms with Gasteiger partial charge in [-0.15, -0.1) is 0 Å². The van der Waals surface area contributed by atoms with Crippen molar-refractivity contribution in [2.75, 3.05) is 11.9 Å². The van der Waals surface area contributed by atoms with Crippen molar-refractivity contribution in [1.29, 1.82) is 0 Å². The SMILES string of the molecule is Cc1nc(NCCc2ccncc2)sc1C(=O)O. The standard InChI is InChI=1S/C12H13N3O2S/c1-8-10(11(16)17)18-12(15-8)14-7-4-9-2-5-13-6-3-9/h2-3,5-6H,4,7H2,1H3,(H,14,15)(H,16,17). The van der Waals surface area contributed by atoms with Crippen LogP contribution in [-0.2, 0) is 6.42 Å². The van der Waals surface area contributed by atoms with Gasteiger partial charge in [0.15, 0.2) is 5.13 Å². The topological polar surface area (TPSA) is 75.1 Å². The van der Waals surface area contributed by atoms with Gasteiger partial charge < -0.3 is 10.4 Å². The van der Waals surface area contributed by atoms with Crippen molar-refractivity contribution in [1.82, 2.24) is 9.97 Å². The molecule has 2 rings (SSSR count). The first-order valence-corrected chi connectivity index (χ1v) is 6.32. The lowest BCUT2D eigenvalue weighted by Crippen LogP contribution is -2.04. The van der Waals surface area contributed by atoms with Crippen molar-refractivity contribution in [3.05, 3.63) is 40.7 Å². The Morgan fingerprint density at radius 3 is 2.78 bits per heavy atom. The molecule has 0 aromatic carbocycles. The molecule has 0 spiro atoms. The fourth-order valence-electron chi connectivity index (χ4n) is 1.53. The summed E-state index contributed by atoms with van der Waals surface area (Å²) in [5.41, 5.74) is 1.74. The van der Waals surface area contributed by atoms with Crippen LogP contribution < -0.4 is 5.32 Å². The predicted molar refractivity (Wildman–Crippen MR) is 70.2 cm³/mol. The number of pyridine rings is 1. The van der Waals surface area contributed by atoms with Crippen molar-refractivity contribution in [3.63, 3.8) is 0 Å². The number of rotatable bonds is 5. The van der Waals surface area contributed by atoms with Gasteiger partial charge in [0.2, 0.25) is 0 Å². The Hall–Kier alpha value is -1.95. The van der Waals surface area contributed by atoms with E-state index in [0.717, 1.165) is 13.0 Å². The van der Waals surface area contributed by atoms with Gasteiger partial charge in [-0.05, 0) is 31.0 Å². The second-order valence-corrected chi connectivity index (χ2v) is 4.77. The lowest BCUT2D eigenvalue weighted by molar-refractivity contribution is 0.0701. The van der Waals surface area contributed by atoms with Crippen LogP contribution in [0.2, 0.25) is 0 Å². The maximum atomic E-state index is 10.9. The summed E-state index contributed by atoms with van der Waals surface area (Å²) in [6, 6.07) is 3.91. The molecule has 2 N–H and O–H groups in total. The Kier molecular flexibility index (Phi) is 3.88. The number of anilines is 1. The molecule has 0 atom stereocenters. The summed E-state index contributed by atoms with van der Waals surface area (Å²) >= 11 is 1.17. The fraction of sp³-hybridized carbons (Fsp3) is 0.250. The number of carboxylic acids is 1. The number of hydrogen-bond donors (Lipinski definition) is 2. The third kappa shape index (κ3) is 3.04. The van der Waals surface area contributed by atoms with Crippen LogP contribution in [0.4, 0.5) is 5.13 Å². The molecule has 0 saturated heterocycles. The zero-order valence-electron chi connectivity index (χ0n) is 9.88. The van der Waals surface area contributed by atoms with Gasteiger partial charge in [0, 0.05) is 18.9 Å². The first-order valence-electron chi connectivity index (χ1n) is 5.50. The van der Waals surface area contributed by atoms with Crippen molar-refractivity contribution in [3.8, 4) is 0 Å². The molecule has 0 bridgehead atoms. The molecule has 0 amide bonds. The molecule has 0 aliphatic heterocycles. The van der Waals surface area contributed by atoms with Crippen LogP contribution in [0.25, 0.3) is 0 Å². The van der Waals surface area contributed by atoms with Crippen molar-refractivity contribution in [2.24, 2.45) is 0 Å². The highest BCUT2D eigenvalue weighted by molar-refractivity contribution is 7.17. The van der Waals surface area contributed by atoms with Gasteiger partial charge in [-0.1, -0.05) is 11.3 Å². The number of carboxylic acid groups (broad SMARTS) is 1. The predicted octanol–water partition coefficient (Wildman–Crippen LogP) is 2.20. The lowest BCUT2D eigenvalue weighted by Gasteiger charge is -2.02. The third-order valence-electron chi connectivity index (χ3n) is 2.43. The average Bonchev–Trinajstić information content (AvgIpc) is 2.72. The van der Waals surface area contributed by atoms with Crippen LogP contribution in [0, 0.1) is 6.92 Å². The molecule has 0 aliphatic carbocycles. The van der Waals surface area contributed by atoms with Crippen LogP contribution in [0.1, 0.15) is 20.9 Å². The molecule has 0 fully saturated rings. The number of carbonyl (C=O) groups is 1. The zero-order valence-corrected chi connectivity index (χ0v) is 10.7. The molecule has 2 aromatic heterocycles. The van der Waals surface area contributed by atoms with E-state index in [-0.39, 0.29) is 0 Å². The van der Waals surface area contributed by atoms with Gasteiger partial charge in [-0.25, -0.2) is 9.78 Å². The third-order valence-corrected chi connectivity index (χ3v) is 3.53. The molecule has 18 heavy (non-hydrogen) atoms. The summed E-state index contributed by atoms with van der Waals surface area (Å²) in [5.74, 6) is -0.924. The summed E-state index contributed by atoms with van der Waals surface area (Å²) in [4.78, 5) is 19.3. The Morgan fingerprint density at radius 2 is 2.17 bits per heavy atom. The molecule has 5 nitrogen and oxygen atoms in total. The van der Waals surface area contributed by atoms with E-state index in [1.807, 2.05) is 12.1 Å². The van der Waals surface area contributed by atoms with Crippen molar-refractivity contribution in [2.45, 2.75) is 13.3 Å². The van der Waals surface area contributed by atoms with E-state index in [9.17, 15) is 4.79 Å². The molecule has 6 heteroatoms. The Balaban J connectivity index is 1.91. The first-order chi connectivity index (χ1) is 8.66. The molecule has 0 saturated carbocycles. The quantitative estimate of drug-likeness (QED) is 0.865. The molecule has 0 aliphatic rings. The maximum Gasteiger partial charge on any atom is 0.347 e. The Labute approximate surface area is 109 Å². The summed E-state index contributed by atoms with van der Waals surface area (Å²) < 4.78 is 0. The Bertz CT molecular complexity index is 540. The number of aromatic carboxylic acids is 1. The minimum atomic E-state index is -0.924. The monoisotopic (exact) mass is 263 g/mol. The number of nitrogens with one attached hydrogen (secondary N) is 1. The number of aryl methyl sites for hydroxylation is 1. The van der Waals surface area contributed by atoms with E-state index in [4.69, 9.17) is 5.11 Å². The maximum absolute atomic E-state index is 10.9. The number of aromatic nitrogens is 2. The minimum Gasteiger partial charge on any atom is -0.477 e. The van der Waals surface area contributed by atoms with E-state index in [0.29, 0.717) is 15.7 Å². The highest BCUT2D eigenvalue weighted by atomic mass is 32.1. The van der Waals surface area contributed by atoms with Crippen LogP contribution in [0.5, 0.6) is 0 Å². The summed E-state index contributed by atoms with van der Waals surface area (Å²) in [6.07, 6.45) is 4.36. The highest BCUT2D eigenvalue weighted by Crippen LogP contribution is 2.22. The van der Waals surface area contributed by atoms with Crippen LogP contribution in [0.15, 0.2) is 24.5 Å². The van der Waals surface area contributed by atoms with Gasteiger partial charge in [0.05, 0.1) is 5.69 Å². The summed E-state index contributed by atoms with van der Waals surface area (Å²) in [6.45, 7) is 2.42. The zero-order chi connectivity index (χ0) is 13.0. The molecule has 2 aromatic rings. The smallest absolute Gasteiger partial charge is 0.347 e. The molecule has 0 radical (unpaired) electrons. The van der Waals surface area contributed by atoms with Crippen LogP contribution in [-0.4, -0.2) is 27.6 Å². The Morgan fingerprint density at radius 1 is 1.44 bits per heavy atom. The average molecular weight is 263 g/mol. The summed E-state index contributed by atoms with van der Waals surface area (Å²) in [5, 5.41) is 12.7. The largest absolute Gasteiger partial charge is 0.477 e. The number of thiazole rings is 1. The van der Waals surface area contributed by atoms with E-state index >= 15 is 0 Å². The van der Waals surface area contributed by atoms with Gasteiger partial charge in [0.25, 0.3) is 0 Å². The normalized spacial score (nSPS) is 10.3. The highest BCUT2D eigenvalue weighted by Gasteiger charge is 2.13. The van der Waals surface area contributed by atoms with Crippen LogP contribution >= 0.6 is 11.3 Å². The fourth-order valence-corrected chi connectivity index (χ4v) is 2.36. The van der Waals surface area contributed by atoms with Gasteiger partial charge in [0.1, 0.15) is 4.88 Å². The minimum absolute atomic E-state index is 0.293. The van der Waals surface area contributed by atoms with Crippen LogP contribution in [0.3, 0.4) is 0 Å². The van der Waals surface area contributed by atoms with Crippen molar-refractivity contribution >= 4 is 22.4 Å². The van der Waals surface area contributed by atoms with E-state index < -0.39 is 5.97 Å². The second kappa shape index (κ2) is 5.59. The molecular weight excluding hydrogens is 250 g/mol.